The molecule has 0 amide bonds. The van der Waals surface area contributed by atoms with Crippen molar-refractivity contribution in [1.82, 2.24) is 65.7 Å². The van der Waals surface area contributed by atoms with Gasteiger partial charge in [0.1, 0.15) is 21.2 Å². The molecule has 0 aliphatic rings. The van der Waals surface area contributed by atoms with Gasteiger partial charge < -0.3 is 25.0 Å². The molecule has 2 radical (unpaired) electrons. The Hall–Kier alpha value is -10.0. The zero-order valence-electron chi connectivity index (χ0n) is 66.4. The quantitative estimate of drug-likeness (QED) is 0.112. The van der Waals surface area contributed by atoms with Crippen molar-refractivity contribution in [3.8, 4) is 79.1 Å². The maximum atomic E-state index is 4.86. The smallest absolute Gasteiger partial charge is 0.655 e. The van der Waals surface area contributed by atoms with E-state index in [0.717, 1.165) is 149 Å². The minimum Gasteiger partial charge on any atom is -0.655 e. The number of rotatable bonds is 11. The number of benzene rings is 11. The summed E-state index contributed by atoms with van der Waals surface area (Å²) in [6, 6.07) is 105. The van der Waals surface area contributed by atoms with Crippen LogP contribution in [0, 0.1) is 6.92 Å². The number of para-hydroxylation sites is 3. The van der Waals surface area contributed by atoms with Crippen LogP contribution in [0.15, 0.2) is 326 Å². The van der Waals surface area contributed by atoms with Crippen LogP contribution in [0.4, 0.5) is 0 Å². The molecule has 8 aromatic heterocycles. The summed E-state index contributed by atoms with van der Waals surface area (Å²) in [4.78, 5) is 23.2. The number of pyridine rings is 1. The Labute approximate surface area is 722 Å². The largest absolute Gasteiger partial charge is 2.00 e. The predicted molar refractivity (Wildman–Crippen MR) is 489 cm³/mol. The minimum atomic E-state index is -0.261. The van der Waals surface area contributed by atoms with Crippen molar-refractivity contribution in [2.75, 3.05) is 53.3 Å². The average molecular weight is 2120 g/mol. The van der Waals surface area contributed by atoms with Crippen LogP contribution in [0.5, 0.6) is 0 Å². The molecule has 20 heteroatoms. The molecule has 0 unspecified atom stereocenters. The van der Waals surface area contributed by atoms with Gasteiger partial charge in [0.25, 0.3) is 0 Å². The van der Waals surface area contributed by atoms with Gasteiger partial charge in [0, 0.05) is 65.3 Å². The van der Waals surface area contributed by atoms with Gasteiger partial charge >= 0.3 is 59.4 Å². The molecule has 0 saturated carbocycles. The third-order valence-corrected chi connectivity index (χ3v) is 27.1. The van der Waals surface area contributed by atoms with Crippen molar-refractivity contribution >= 4 is 118 Å². The summed E-state index contributed by atoms with van der Waals surface area (Å²) in [6.07, 6.45) is 1.77. The van der Waals surface area contributed by atoms with Crippen molar-refractivity contribution in [1.29, 1.82) is 0 Å². The number of hydrogen-bond donors (Lipinski definition) is 0. The van der Waals surface area contributed by atoms with Gasteiger partial charge in [-0.3, -0.25) is 10.1 Å². The Morgan fingerprint density at radius 3 is 0.948 bits per heavy atom. The van der Waals surface area contributed by atoms with Crippen LogP contribution in [-0.4, -0.2) is 99.0 Å². The Bertz CT molecular complexity index is 5980. The second-order valence-electron chi connectivity index (χ2n) is 28.4. The first kappa shape index (κ1) is 86.8. The van der Waals surface area contributed by atoms with Crippen LogP contribution >= 0.6 is 31.7 Å². The molecular weight excluding hydrogens is 2030 g/mol. The maximum absolute atomic E-state index is 4.86. The summed E-state index contributed by atoms with van der Waals surface area (Å²) >= 11 is 0. The topological polar surface area (TPSA) is 172 Å². The second-order valence-corrected chi connectivity index (χ2v) is 39.0. The summed E-state index contributed by atoms with van der Waals surface area (Å²) in [5.74, 6) is 1.26. The molecule has 0 atom stereocenters. The van der Waals surface area contributed by atoms with E-state index in [1.807, 2.05) is 201 Å². The van der Waals surface area contributed by atoms with Crippen LogP contribution < -0.4 is 30.7 Å². The van der Waals surface area contributed by atoms with E-state index in [1.54, 1.807) is 27.4 Å². The summed E-state index contributed by atoms with van der Waals surface area (Å²) in [5.41, 5.74) is 18.2. The molecule has 0 aliphatic heterocycles. The van der Waals surface area contributed by atoms with E-state index in [1.165, 1.54) is 0 Å². The fourth-order valence-electron chi connectivity index (χ4n) is 13.6. The Kier molecular flexibility index (Phi) is 30.8. The Morgan fingerprint density at radius 1 is 0.319 bits per heavy atom. The molecule has 11 aromatic carbocycles. The Morgan fingerprint density at radius 2 is 0.621 bits per heavy atom. The maximum Gasteiger partial charge on any atom is 2.00 e. The first-order chi connectivity index (χ1) is 55.1. The molecular formula is C96H89N13Os3P4+4. The molecule has 13 nitrogen and oxygen atoms in total. The van der Waals surface area contributed by atoms with Crippen molar-refractivity contribution in [2.24, 2.45) is 0 Å². The molecule has 19 rings (SSSR count). The number of allylic oxidation sites excluding steroid dienone is 2. The second kappa shape index (κ2) is 41.2. The Balaban J connectivity index is 0.000000140. The standard InChI is InChI=1S/3C22H14N3.C12H9N4.C10H16P2.C8H18P2.3Os/c3*1-2-8-15(9-3-1)21-17-11-5-7-13-19(17)23-22(21)20-14-16-10-4-6-12-18(16)24-25-20;1-8-14-12(16-15-8)11-10-5-3-2-4-9(10)6-7-13-11;1-11(2)9-7-5-6-8-10(9)12(3)4;1-7(9(3)4)8(2)10(5)6;;;/h3*1-14H;2-7H,1H3;5-8H,1-4H3;1-6H3;;;/q4*-1;;;2*+1;+2/p+4. The summed E-state index contributed by atoms with van der Waals surface area (Å²) in [5, 5.41) is 49.8. The monoisotopic (exact) mass is 2120 g/mol. The summed E-state index contributed by atoms with van der Waals surface area (Å²) in [7, 11) is -0.824. The van der Waals surface area contributed by atoms with Crippen LogP contribution in [0.2, 0.25) is 0 Å². The van der Waals surface area contributed by atoms with Gasteiger partial charge in [-0.1, -0.05) is 272 Å². The van der Waals surface area contributed by atoms with E-state index >= 15 is 0 Å². The van der Waals surface area contributed by atoms with E-state index in [-0.39, 0.29) is 91.1 Å². The van der Waals surface area contributed by atoms with Gasteiger partial charge in [-0.15, -0.1) is 31.8 Å². The number of aromatic nitrogens is 13. The van der Waals surface area contributed by atoms with Crippen LogP contribution in [-0.2, 0) is 59.4 Å². The normalized spacial score (nSPS) is 11.1. The molecule has 578 valence electrons. The van der Waals surface area contributed by atoms with Crippen molar-refractivity contribution in [3.63, 3.8) is 0 Å². The molecule has 0 bridgehead atoms. The van der Waals surface area contributed by atoms with Crippen molar-refractivity contribution in [2.45, 2.75) is 20.8 Å². The van der Waals surface area contributed by atoms with Gasteiger partial charge in [-0.2, -0.15) is 15.3 Å². The molecule has 0 saturated heterocycles. The fraction of sp³-hybridized carbons (Fsp3) is 0.115. The molecule has 0 fully saturated rings. The number of hydrogen-bond acceptors (Lipinski definition) is 9. The van der Waals surface area contributed by atoms with Gasteiger partial charge in [-0.25, -0.2) is 0 Å². The van der Waals surface area contributed by atoms with Crippen LogP contribution in [0.25, 0.3) is 155 Å². The van der Waals surface area contributed by atoms with Gasteiger partial charge in [-0.05, 0) is 136 Å². The fourth-order valence-corrected chi connectivity index (χ4v) is 20.2. The van der Waals surface area contributed by atoms with E-state index in [9.17, 15) is 0 Å². The van der Waals surface area contributed by atoms with Crippen molar-refractivity contribution < 1.29 is 59.4 Å². The molecule has 0 spiro atoms. The minimum absolute atomic E-state index is 0. The number of fused-ring (bicyclic) bond motifs is 7. The van der Waals surface area contributed by atoms with Gasteiger partial charge in [0.2, 0.25) is 0 Å². The molecule has 19 aromatic rings. The third kappa shape index (κ3) is 20.5. The van der Waals surface area contributed by atoms with Gasteiger partial charge in [0.15, 0.2) is 0 Å². The molecule has 0 N–H and O–H groups in total. The molecule has 8 heterocycles. The zero-order valence-corrected chi connectivity index (χ0v) is 78.0. The number of aryl methyl sites for hydroxylation is 1. The van der Waals surface area contributed by atoms with E-state index in [0.29, 0.717) is 11.6 Å². The SMILES string of the molecule is CC(=C(C)[PH+](C)C)[PH+](C)C.C[PH+](C)c1ccccc1[PH+](C)C.Cc1n[n-]c(-c2nccc3ccccc23)n1.[Os+2].[Os+].[Os+].c1ccc(-c2c(-c3cc4ccccc4nn3)[n-]c3ccccc23)cc1.c1ccc(-c2c(-c3cc4ccccc4nn3)[n-]c3ccccc23)cc1.c1ccc(-c2c(-c3cc4ccccc4nn3)[n-]c3ccccc23)cc1. The zero-order chi connectivity index (χ0) is 78.3. The predicted octanol–water partition coefficient (Wildman–Crippen LogP) is 22.2. The summed E-state index contributed by atoms with van der Waals surface area (Å²) in [6.45, 7) is 25.4. The summed E-state index contributed by atoms with van der Waals surface area (Å²) < 4.78 is 0. The molecule has 116 heavy (non-hydrogen) atoms. The van der Waals surface area contributed by atoms with Gasteiger partial charge in [0.05, 0.1) is 92.6 Å². The van der Waals surface area contributed by atoms with Crippen LogP contribution in [0.3, 0.4) is 0 Å². The van der Waals surface area contributed by atoms with E-state index in [2.05, 4.69) is 233 Å². The van der Waals surface area contributed by atoms with Crippen LogP contribution in [0.1, 0.15) is 19.7 Å². The van der Waals surface area contributed by atoms with E-state index in [4.69, 9.17) is 15.0 Å². The van der Waals surface area contributed by atoms with E-state index < -0.39 is 0 Å². The first-order valence-electron chi connectivity index (χ1n) is 37.8. The number of nitrogens with zero attached hydrogens (tertiary/aromatic N) is 13. The molecule has 0 aliphatic carbocycles. The third-order valence-electron chi connectivity index (χ3n) is 19.8. The average Bonchev–Trinajstić information content (AvgIpc) is 1.62. The first-order valence-corrected chi connectivity index (χ1v) is 47.8. The van der Waals surface area contributed by atoms with Crippen molar-refractivity contribution in [3.05, 3.63) is 332 Å².